The van der Waals surface area contributed by atoms with Gasteiger partial charge in [-0.3, -0.25) is 10.1 Å². The van der Waals surface area contributed by atoms with Crippen molar-refractivity contribution in [2.45, 2.75) is 6.92 Å². The molecule has 0 fully saturated rings. The van der Waals surface area contributed by atoms with Crippen LogP contribution in [0.1, 0.15) is 5.69 Å². The van der Waals surface area contributed by atoms with E-state index in [1.807, 2.05) is 0 Å². The molecule has 1 aromatic heterocycles. The van der Waals surface area contributed by atoms with Gasteiger partial charge in [-0.15, -0.1) is 0 Å². The van der Waals surface area contributed by atoms with Gasteiger partial charge in [0.15, 0.2) is 11.6 Å². The molecule has 2 N–H and O–H groups in total. The molecule has 0 saturated heterocycles. The van der Waals surface area contributed by atoms with E-state index in [4.69, 9.17) is 10.5 Å². The van der Waals surface area contributed by atoms with E-state index in [1.165, 1.54) is 6.07 Å². The predicted molar refractivity (Wildman–Crippen MR) is 64.3 cm³/mol. The van der Waals surface area contributed by atoms with Crippen LogP contribution in [0.3, 0.4) is 0 Å². The van der Waals surface area contributed by atoms with Crippen molar-refractivity contribution < 1.29 is 14.1 Å². The lowest BCUT2D eigenvalue weighted by Gasteiger charge is -2.06. The normalized spacial score (nSPS) is 10.2. The van der Waals surface area contributed by atoms with Gasteiger partial charge in [-0.25, -0.2) is 9.37 Å². The second kappa shape index (κ2) is 4.84. The Bertz CT molecular complexity index is 628. The van der Waals surface area contributed by atoms with Crippen LogP contribution < -0.4 is 10.5 Å². The quantitative estimate of drug-likeness (QED) is 0.673. The summed E-state index contributed by atoms with van der Waals surface area (Å²) in [5, 5.41) is 10.5. The van der Waals surface area contributed by atoms with Gasteiger partial charge in [-0.05, 0) is 13.0 Å². The van der Waals surface area contributed by atoms with Crippen molar-refractivity contribution in [3.05, 3.63) is 45.9 Å². The lowest BCUT2D eigenvalue weighted by Crippen LogP contribution is -1.99. The Labute approximate surface area is 107 Å². The second-order valence-corrected chi connectivity index (χ2v) is 3.68. The second-order valence-electron chi connectivity index (χ2n) is 3.68. The van der Waals surface area contributed by atoms with Crippen LogP contribution in [-0.2, 0) is 0 Å². The average Bonchev–Trinajstić information content (AvgIpc) is 2.30. The molecule has 98 valence electrons. The summed E-state index contributed by atoms with van der Waals surface area (Å²) in [5.74, 6) is -0.970. The fraction of sp³-hybridized carbons (Fsp3) is 0.0909. The van der Waals surface area contributed by atoms with E-state index in [0.29, 0.717) is 5.69 Å². The molecule has 0 bridgehead atoms. The number of halogens is 1. The summed E-state index contributed by atoms with van der Waals surface area (Å²) < 4.78 is 18.8. The Hall–Kier alpha value is -2.77. The maximum absolute atomic E-state index is 13.6. The molecule has 0 radical (unpaired) electrons. The number of nitrogens with two attached hydrogens (primary N) is 1. The molecule has 7 nitrogen and oxygen atoms in total. The van der Waals surface area contributed by atoms with Gasteiger partial charge in [0.25, 0.3) is 5.69 Å². The fourth-order valence-corrected chi connectivity index (χ4v) is 1.41. The zero-order valence-electron chi connectivity index (χ0n) is 9.83. The number of nitro benzene ring substituents is 1. The zero-order valence-corrected chi connectivity index (χ0v) is 9.83. The molecule has 2 aromatic rings. The number of hydrogen-bond donors (Lipinski definition) is 1. The van der Waals surface area contributed by atoms with Crippen molar-refractivity contribution in [1.82, 2.24) is 9.97 Å². The Morgan fingerprint density at radius 3 is 2.68 bits per heavy atom. The highest BCUT2D eigenvalue weighted by Gasteiger charge is 2.13. The van der Waals surface area contributed by atoms with Crippen LogP contribution in [-0.4, -0.2) is 14.9 Å². The minimum absolute atomic E-state index is 0.00248. The molecule has 0 spiro atoms. The molecular weight excluding hydrogens is 255 g/mol. The van der Waals surface area contributed by atoms with Gasteiger partial charge >= 0.3 is 0 Å². The van der Waals surface area contributed by atoms with Gasteiger partial charge in [-0.1, -0.05) is 0 Å². The first kappa shape index (κ1) is 12.7. The van der Waals surface area contributed by atoms with E-state index >= 15 is 0 Å². The van der Waals surface area contributed by atoms with Gasteiger partial charge in [-0.2, -0.15) is 4.98 Å². The molecular formula is C11H9FN4O3. The highest BCUT2D eigenvalue weighted by molar-refractivity contribution is 5.39. The Morgan fingerprint density at radius 1 is 1.37 bits per heavy atom. The lowest BCUT2D eigenvalue weighted by atomic mass is 10.3. The predicted octanol–water partition coefficient (Wildman–Crippen LogP) is 2.21. The number of non-ortho nitro benzene ring substituents is 1. The molecule has 0 aliphatic rings. The Kier molecular flexibility index (Phi) is 3.23. The maximum atomic E-state index is 13.6. The number of nitrogens with zero attached hydrogens (tertiary/aromatic N) is 3. The number of anilines is 1. The first-order valence-electron chi connectivity index (χ1n) is 5.18. The average molecular weight is 264 g/mol. The number of ether oxygens (including phenoxy) is 1. The Balaban J connectivity index is 2.30. The molecule has 1 heterocycles. The topological polar surface area (TPSA) is 104 Å². The van der Waals surface area contributed by atoms with Crippen molar-refractivity contribution in [3.8, 4) is 11.6 Å². The smallest absolute Gasteiger partial charge is 0.272 e. The van der Waals surface area contributed by atoms with Gasteiger partial charge < -0.3 is 10.5 Å². The molecule has 0 amide bonds. The fourth-order valence-electron chi connectivity index (χ4n) is 1.41. The van der Waals surface area contributed by atoms with Gasteiger partial charge in [0.2, 0.25) is 11.8 Å². The molecule has 2 rings (SSSR count). The van der Waals surface area contributed by atoms with Crippen LogP contribution >= 0.6 is 0 Å². The number of nitro groups is 1. The van der Waals surface area contributed by atoms with E-state index in [0.717, 1.165) is 18.2 Å². The summed E-state index contributed by atoms with van der Waals surface area (Å²) in [5.41, 5.74) is 5.63. The summed E-state index contributed by atoms with van der Waals surface area (Å²) in [6.45, 7) is 1.68. The van der Waals surface area contributed by atoms with Crippen LogP contribution in [0.4, 0.5) is 16.0 Å². The number of aromatic nitrogens is 2. The van der Waals surface area contributed by atoms with Crippen LogP contribution in [0.5, 0.6) is 11.6 Å². The molecule has 19 heavy (non-hydrogen) atoms. The lowest BCUT2D eigenvalue weighted by molar-refractivity contribution is -0.385. The molecule has 0 atom stereocenters. The number of rotatable bonds is 3. The van der Waals surface area contributed by atoms with E-state index in [2.05, 4.69) is 9.97 Å². The molecule has 0 unspecified atom stereocenters. The summed E-state index contributed by atoms with van der Waals surface area (Å²) in [6, 6.07) is 4.53. The summed E-state index contributed by atoms with van der Waals surface area (Å²) in [6.07, 6.45) is 0. The third-order valence-corrected chi connectivity index (χ3v) is 2.19. The van der Waals surface area contributed by atoms with Crippen molar-refractivity contribution in [1.29, 1.82) is 0 Å². The molecule has 0 saturated carbocycles. The SMILES string of the molecule is Cc1cc(Oc2ccc([N+](=O)[O-])cc2F)nc(N)n1. The zero-order chi connectivity index (χ0) is 14.0. The standard InChI is InChI=1S/C11H9FN4O3/c1-6-4-10(15-11(13)14-6)19-9-3-2-7(16(17)18)5-8(9)12/h2-5H,1H3,(H2,13,14,15). The van der Waals surface area contributed by atoms with Crippen LogP contribution in [0, 0.1) is 22.9 Å². The number of hydrogen-bond acceptors (Lipinski definition) is 6. The van der Waals surface area contributed by atoms with Crippen molar-refractivity contribution in [3.63, 3.8) is 0 Å². The van der Waals surface area contributed by atoms with Gasteiger partial charge in [0.1, 0.15) is 0 Å². The van der Waals surface area contributed by atoms with Gasteiger partial charge in [0, 0.05) is 17.8 Å². The monoisotopic (exact) mass is 264 g/mol. The third-order valence-electron chi connectivity index (χ3n) is 2.19. The third kappa shape index (κ3) is 2.92. The molecule has 8 heteroatoms. The molecule has 0 aliphatic carbocycles. The Morgan fingerprint density at radius 2 is 2.11 bits per heavy atom. The van der Waals surface area contributed by atoms with Crippen molar-refractivity contribution in [2.75, 3.05) is 5.73 Å². The highest BCUT2D eigenvalue weighted by atomic mass is 19.1. The van der Waals surface area contributed by atoms with Crippen molar-refractivity contribution >= 4 is 11.6 Å². The number of nitrogen functional groups attached to an aromatic ring is 1. The summed E-state index contributed by atoms with van der Waals surface area (Å²) in [4.78, 5) is 17.4. The molecule has 1 aromatic carbocycles. The van der Waals surface area contributed by atoms with Crippen LogP contribution in [0.2, 0.25) is 0 Å². The highest BCUT2D eigenvalue weighted by Crippen LogP contribution is 2.26. The van der Waals surface area contributed by atoms with Gasteiger partial charge in [0.05, 0.1) is 11.0 Å². The largest absolute Gasteiger partial charge is 0.436 e. The first-order valence-corrected chi connectivity index (χ1v) is 5.18. The minimum atomic E-state index is -0.857. The van der Waals surface area contributed by atoms with Crippen LogP contribution in [0.25, 0.3) is 0 Å². The maximum Gasteiger partial charge on any atom is 0.272 e. The number of aryl methyl sites for hydroxylation is 1. The number of benzene rings is 1. The summed E-state index contributed by atoms with van der Waals surface area (Å²) in [7, 11) is 0. The van der Waals surface area contributed by atoms with E-state index in [9.17, 15) is 14.5 Å². The molecule has 0 aliphatic heterocycles. The van der Waals surface area contributed by atoms with E-state index in [-0.39, 0.29) is 23.3 Å². The van der Waals surface area contributed by atoms with E-state index in [1.54, 1.807) is 6.92 Å². The van der Waals surface area contributed by atoms with E-state index < -0.39 is 10.7 Å². The minimum Gasteiger partial charge on any atom is -0.436 e. The van der Waals surface area contributed by atoms with Crippen molar-refractivity contribution in [2.24, 2.45) is 0 Å². The first-order chi connectivity index (χ1) is 8.95. The van der Waals surface area contributed by atoms with Crippen LogP contribution in [0.15, 0.2) is 24.3 Å². The summed E-state index contributed by atoms with van der Waals surface area (Å²) >= 11 is 0.